The van der Waals surface area contributed by atoms with Crippen LogP contribution in [0.4, 0.5) is 16.2 Å². The van der Waals surface area contributed by atoms with Crippen LogP contribution in [-0.2, 0) is 11.3 Å². The molecule has 0 aliphatic rings. The molecule has 3 rings (SSSR count). The van der Waals surface area contributed by atoms with Crippen molar-refractivity contribution in [2.75, 3.05) is 17.2 Å². The van der Waals surface area contributed by atoms with Crippen LogP contribution >= 0.6 is 0 Å². The number of hydrogen-bond donors (Lipinski definition) is 3. The van der Waals surface area contributed by atoms with Crippen LogP contribution in [0.2, 0.25) is 0 Å². The molecule has 0 bridgehead atoms. The van der Waals surface area contributed by atoms with Gasteiger partial charge in [-0.15, -0.1) is 0 Å². The fourth-order valence-electron chi connectivity index (χ4n) is 2.59. The second-order valence-electron chi connectivity index (χ2n) is 6.13. The Balaban J connectivity index is 1.48. The summed E-state index contributed by atoms with van der Waals surface area (Å²) in [5.74, 6) is -0.300. The highest BCUT2D eigenvalue weighted by atomic mass is 16.2. The molecular formula is C20H21N5O2. The molecule has 0 saturated carbocycles. The molecule has 0 radical (unpaired) electrons. The van der Waals surface area contributed by atoms with Gasteiger partial charge in [0.15, 0.2) is 0 Å². The van der Waals surface area contributed by atoms with Crippen LogP contribution in [0.5, 0.6) is 0 Å². The number of benzene rings is 2. The number of urea groups is 1. The molecule has 3 aromatic rings. The Hall–Kier alpha value is -3.61. The second-order valence-corrected chi connectivity index (χ2v) is 6.13. The van der Waals surface area contributed by atoms with E-state index in [0.717, 1.165) is 11.1 Å². The van der Waals surface area contributed by atoms with Crippen molar-refractivity contribution in [2.24, 2.45) is 0 Å². The fraction of sp³-hybridized carbons (Fsp3) is 0.150. The number of carbonyl (C=O) groups excluding carboxylic acids is 2. The van der Waals surface area contributed by atoms with Crippen LogP contribution in [0, 0.1) is 6.92 Å². The van der Waals surface area contributed by atoms with Gasteiger partial charge in [0.05, 0.1) is 13.1 Å². The summed E-state index contributed by atoms with van der Waals surface area (Å²) in [6.45, 7) is 2.44. The molecule has 0 atom stereocenters. The maximum atomic E-state index is 12.1. The third-order valence-electron chi connectivity index (χ3n) is 3.80. The average Bonchev–Trinajstić information content (AvgIpc) is 3.13. The van der Waals surface area contributed by atoms with Gasteiger partial charge < -0.3 is 16.0 Å². The predicted molar refractivity (Wildman–Crippen MR) is 105 cm³/mol. The van der Waals surface area contributed by atoms with E-state index in [-0.39, 0.29) is 12.5 Å². The molecule has 0 fully saturated rings. The minimum Gasteiger partial charge on any atom is -0.329 e. The van der Waals surface area contributed by atoms with Crippen molar-refractivity contribution in [3.8, 4) is 0 Å². The molecule has 3 amide bonds. The lowest BCUT2D eigenvalue weighted by Crippen LogP contribution is -2.35. The Labute approximate surface area is 157 Å². The van der Waals surface area contributed by atoms with E-state index in [0.29, 0.717) is 17.9 Å². The van der Waals surface area contributed by atoms with Gasteiger partial charge in [-0.2, -0.15) is 5.10 Å². The minimum absolute atomic E-state index is 0.124. The summed E-state index contributed by atoms with van der Waals surface area (Å²) in [5.41, 5.74) is 3.41. The number of carbonyl (C=O) groups is 2. The van der Waals surface area contributed by atoms with Crippen LogP contribution in [0.1, 0.15) is 11.1 Å². The molecule has 138 valence electrons. The van der Waals surface area contributed by atoms with E-state index in [1.807, 2.05) is 55.6 Å². The van der Waals surface area contributed by atoms with Crippen LogP contribution < -0.4 is 16.0 Å². The fourth-order valence-corrected chi connectivity index (χ4v) is 2.59. The number of rotatable bonds is 6. The molecule has 1 heterocycles. The molecule has 3 N–H and O–H groups in total. The number of anilines is 2. The van der Waals surface area contributed by atoms with Crippen molar-refractivity contribution in [3.05, 3.63) is 78.1 Å². The Morgan fingerprint density at radius 2 is 1.78 bits per heavy atom. The standard InChI is InChI=1S/C20H21N5O2/c1-15-5-2-7-17(11-15)24-20(27)21-13-19(26)23-18-8-3-6-16(12-18)14-25-10-4-9-22-25/h2-12H,13-14H2,1H3,(H,23,26)(H2,21,24,27). The normalized spacial score (nSPS) is 10.3. The number of nitrogens with one attached hydrogen (secondary N) is 3. The van der Waals surface area contributed by atoms with E-state index in [1.165, 1.54) is 0 Å². The summed E-state index contributed by atoms with van der Waals surface area (Å²) in [6, 6.07) is 16.4. The summed E-state index contributed by atoms with van der Waals surface area (Å²) in [6.07, 6.45) is 3.60. The quantitative estimate of drug-likeness (QED) is 0.629. The molecule has 27 heavy (non-hydrogen) atoms. The van der Waals surface area contributed by atoms with Gasteiger partial charge in [-0.1, -0.05) is 24.3 Å². The van der Waals surface area contributed by atoms with Gasteiger partial charge in [-0.25, -0.2) is 4.79 Å². The van der Waals surface area contributed by atoms with E-state index in [4.69, 9.17) is 0 Å². The summed E-state index contributed by atoms with van der Waals surface area (Å²) >= 11 is 0. The van der Waals surface area contributed by atoms with E-state index in [9.17, 15) is 9.59 Å². The first-order valence-electron chi connectivity index (χ1n) is 8.56. The monoisotopic (exact) mass is 363 g/mol. The third kappa shape index (κ3) is 5.71. The molecule has 7 nitrogen and oxygen atoms in total. The maximum Gasteiger partial charge on any atom is 0.319 e. The first-order chi connectivity index (χ1) is 13.1. The van der Waals surface area contributed by atoms with Gasteiger partial charge in [0, 0.05) is 23.8 Å². The van der Waals surface area contributed by atoms with Gasteiger partial charge in [0.2, 0.25) is 5.91 Å². The van der Waals surface area contributed by atoms with Gasteiger partial charge >= 0.3 is 6.03 Å². The van der Waals surface area contributed by atoms with E-state index < -0.39 is 6.03 Å². The molecule has 0 aliphatic carbocycles. The van der Waals surface area contributed by atoms with Crippen molar-refractivity contribution in [2.45, 2.75) is 13.5 Å². The molecule has 2 aromatic carbocycles. The molecule has 0 aliphatic heterocycles. The summed E-state index contributed by atoms with van der Waals surface area (Å²) in [5, 5.41) is 12.2. The average molecular weight is 363 g/mol. The topological polar surface area (TPSA) is 88.0 Å². The third-order valence-corrected chi connectivity index (χ3v) is 3.80. The predicted octanol–water partition coefficient (Wildman–Crippen LogP) is 3.00. The van der Waals surface area contributed by atoms with E-state index in [2.05, 4.69) is 21.0 Å². The zero-order chi connectivity index (χ0) is 19.1. The van der Waals surface area contributed by atoms with E-state index >= 15 is 0 Å². The molecule has 7 heteroatoms. The van der Waals surface area contributed by atoms with E-state index in [1.54, 1.807) is 23.0 Å². The Morgan fingerprint density at radius 3 is 2.52 bits per heavy atom. The molecule has 0 unspecified atom stereocenters. The highest BCUT2D eigenvalue weighted by Gasteiger charge is 2.07. The van der Waals surface area contributed by atoms with Gasteiger partial charge in [-0.3, -0.25) is 9.48 Å². The summed E-state index contributed by atoms with van der Waals surface area (Å²) < 4.78 is 1.80. The van der Waals surface area contributed by atoms with Crippen molar-refractivity contribution >= 4 is 23.3 Å². The highest BCUT2D eigenvalue weighted by Crippen LogP contribution is 2.12. The van der Waals surface area contributed by atoms with Crippen LogP contribution in [0.25, 0.3) is 0 Å². The highest BCUT2D eigenvalue weighted by molar-refractivity contribution is 5.97. The minimum atomic E-state index is -0.428. The lowest BCUT2D eigenvalue weighted by atomic mass is 10.2. The number of aryl methyl sites for hydroxylation is 1. The Bertz CT molecular complexity index is 922. The van der Waals surface area contributed by atoms with Crippen molar-refractivity contribution < 1.29 is 9.59 Å². The molecule has 0 spiro atoms. The number of aromatic nitrogens is 2. The van der Waals surface area contributed by atoms with Crippen LogP contribution in [-0.4, -0.2) is 28.3 Å². The largest absolute Gasteiger partial charge is 0.329 e. The van der Waals surface area contributed by atoms with Gasteiger partial charge in [0.1, 0.15) is 0 Å². The zero-order valence-corrected chi connectivity index (χ0v) is 15.0. The number of hydrogen-bond acceptors (Lipinski definition) is 3. The molecule has 1 aromatic heterocycles. The number of amides is 3. The maximum absolute atomic E-state index is 12.1. The Morgan fingerprint density at radius 1 is 1.00 bits per heavy atom. The lowest BCUT2D eigenvalue weighted by Gasteiger charge is -2.10. The SMILES string of the molecule is Cc1cccc(NC(=O)NCC(=O)Nc2cccc(Cn3cccn3)c2)c1. The van der Waals surface area contributed by atoms with Crippen molar-refractivity contribution in [3.63, 3.8) is 0 Å². The summed E-state index contributed by atoms with van der Waals surface area (Å²) in [4.78, 5) is 24.0. The van der Waals surface area contributed by atoms with Crippen molar-refractivity contribution in [1.29, 1.82) is 0 Å². The van der Waals surface area contributed by atoms with Crippen LogP contribution in [0.15, 0.2) is 67.0 Å². The Kier molecular flexibility index (Phi) is 5.84. The van der Waals surface area contributed by atoms with Gasteiger partial charge in [0.25, 0.3) is 0 Å². The summed E-state index contributed by atoms with van der Waals surface area (Å²) in [7, 11) is 0. The first kappa shape index (κ1) is 18.2. The van der Waals surface area contributed by atoms with Crippen LogP contribution in [0.3, 0.4) is 0 Å². The van der Waals surface area contributed by atoms with Gasteiger partial charge in [-0.05, 0) is 48.4 Å². The molecule has 0 saturated heterocycles. The lowest BCUT2D eigenvalue weighted by molar-refractivity contribution is -0.115. The second kappa shape index (κ2) is 8.66. The first-order valence-corrected chi connectivity index (χ1v) is 8.56. The van der Waals surface area contributed by atoms with Crippen molar-refractivity contribution in [1.82, 2.24) is 15.1 Å². The molecular weight excluding hydrogens is 342 g/mol. The zero-order valence-electron chi connectivity index (χ0n) is 15.0. The smallest absolute Gasteiger partial charge is 0.319 e. The number of nitrogens with zero attached hydrogens (tertiary/aromatic N) is 2.